The van der Waals surface area contributed by atoms with Crippen LogP contribution in [0, 0.1) is 0 Å². The number of hydrazone groups is 1. The van der Waals surface area contributed by atoms with Crippen LogP contribution in [0.15, 0.2) is 96.6 Å². The number of hydrogen-bond acceptors (Lipinski definition) is 7. The van der Waals surface area contributed by atoms with E-state index in [9.17, 15) is 4.79 Å². The Balaban J connectivity index is 1.34. The average molecular weight is 503 g/mol. The standard InChI is InChI=1S/C29H26N8O/c1-19(18-33-30-2)20-6-8-23(9-7-20)34-27-12-15-32-28(36-27)22-5-4-21-16-26(35-25(21)17-22)29(38)37(3)24-10-13-31-14-11-24/h4-18,33,35H,2H2,1,3H3,(H,32,34,36)/b19-18+. The topological polar surface area (TPSA) is 111 Å². The number of benzene rings is 2. The molecule has 9 heteroatoms. The predicted molar refractivity (Wildman–Crippen MR) is 152 cm³/mol. The quantitative estimate of drug-likeness (QED) is 0.188. The van der Waals surface area contributed by atoms with E-state index in [0.29, 0.717) is 17.3 Å². The van der Waals surface area contributed by atoms with Crippen LogP contribution in [-0.4, -0.2) is 39.6 Å². The molecule has 3 N–H and O–H groups in total. The lowest BCUT2D eigenvalue weighted by Crippen LogP contribution is -2.26. The van der Waals surface area contributed by atoms with Gasteiger partial charge in [-0.25, -0.2) is 9.97 Å². The van der Waals surface area contributed by atoms with Gasteiger partial charge in [-0.05, 0) is 60.5 Å². The molecular formula is C29H26N8O. The van der Waals surface area contributed by atoms with Gasteiger partial charge in [-0.2, -0.15) is 5.10 Å². The second kappa shape index (κ2) is 10.8. The molecular weight excluding hydrogens is 476 g/mol. The number of nitrogens with zero attached hydrogens (tertiary/aromatic N) is 5. The first-order valence-corrected chi connectivity index (χ1v) is 11.9. The van der Waals surface area contributed by atoms with E-state index in [1.54, 1.807) is 48.9 Å². The fourth-order valence-corrected chi connectivity index (χ4v) is 4.00. The van der Waals surface area contributed by atoms with Gasteiger partial charge in [-0.15, -0.1) is 0 Å². The Morgan fingerprint density at radius 2 is 1.82 bits per heavy atom. The van der Waals surface area contributed by atoms with Gasteiger partial charge in [0.05, 0.1) is 0 Å². The molecule has 3 heterocycles. The number of aromatic amines is 1. The minimum absolute atomic E-state index is 0.137. The third-order valence-corrected chi connectivity index (χ3v) is 6.11. The van der Waals surface area contributed by atoms with Crippen LogP contribution in [0.2, 0.25) is 0 Å². The van der Waals surface area contributed by atoms with Gasteiger partial charge in [-0.1, -0.05) is 24.3 Å². The summed E-state index contributed by atoms with van der Waals surface area (Å²) in [7, 11) is 1.74. The first-order valence-electron chi connectivity index (χ1n) is 11.9. The number of carbonyl (C=O) groups excluding carboxylic acids is 1. The van der Waals surface area contributed by atoms with E-state index in [1.165, 1.54) is 0 Å². The van der Waals surface area contributed by atoms with Gasteiger partial charge in [-0.3, -0.25) is 15.2 Å². The molecule has 0 spiro atoms. The van der Waals surface area contributed by atoms with Gasteiger partial charge in [0.15, 0.2) is 5.82 Å². The fourth-order valence-electron chi connectivity index (χ4n) is 4.00. The second-order valence-electron chi connectivity index (χ2n) is 8.64. The van der Waals surface area contributed by atoms with E-state index >= 15 is 0 Å². The molecule has 2 aromatic carbocycles. The molecule has 0 saturated heterocycles. The van der Waals surface area contributed by atoms with Crippen molar-refractivity contribution in [3.63, 3.8) is 0 Å². The zero-order valence-electron chi connectivity index (χ0n) is 21.0. The van der Waals surface area contributed by atoms with Gasteiger partial charge in [0.2, 0.25) is 0 Å². The van der Waals surface area contributed by atoms with Crippen molar-refractivity contribution in [2.24, 2.45) is 5.10 Å². The summed E-state index contributed by atoms with van der Waals surface area (Å²) >= 11 is 0. The number of aromatic nitrogens is 4. The maximum Gasteiger partial charge on any atom is 0.274 e. The monoisotopic (exact) mass is 502 g/mol. The van der Waals surface area contributed by atoms with Gasteiger partial charge in [0, 0.05) is 66.4 Å². The summed E-state index contributed by atoms with van der Waals surface area (Å²) in [6, 6.07) is 21.1. The summed E-state index contributed by atoms with van der Waals surface area (Å²) in [5.41, 5.74) is 8.70. The highest BCUT2D eigenvalue weighted by Gasteiger charge is 2.16. The molecule has 5 aromatic rings. The molecule has 0 radical (unpaired) electrons. The van der Waals surface area contributed by atoms with Gasteiger partial charge < -0.3 is 15.2 Å². The third-order valence-electron chi connectivity index (χ3n) is 6.11. The van der Waals surface area contributed by atoms with E-state index in [0.717, 1.165) is 39.0 Å². The van der Waals surface area contributed by atoms with Crippen molar-refractivity contribution in [2.75, 3.05) is 17.3 Å². The number of nitrogens with one attached hydrogen (secondary N) is 3. The summed E-state index contributed by atoms with van der Waals surface area (Å²) in [5, 5.41) is 7.89. The van der Waals surface area contributed by atoms with Crippen LogP contribution >= 0.6 is 0 Å². The van der Waals surface area contributed by atoms with E-state index in [4.69, 9.17) is 4.98 Å². The molecule has 0 aliphatic rings. The van der Waals surface area contributed by atoms with Crippen molar-refractivity contribution in [2.45, 2.75) is 6.92 Å². The van der Waals surface area contributed by atoms with Crippen LogP contribution in [0.5, 0.6) is 0 Å². The van der Waals surface area contributed by atoms with Crippen molar-refractivity contribution in [3.05, 3.63) is 103 Å². The average Bonchev–Trinajstić information content (AvgIpc) is 3.40. The fraction of sp³-hybridized carbons (Fsp3) is 0.0690. The zero-order valence-corrected chi connectivity index (χ0v) is 21.0. The maximum atomic E-state index is 13.0. The van der Waals surface area contributed by atoms with Crippen molar-refractivity contribution in [1.29, 1.82) is 0 Å². The minimum Gasteiger partial charge on any atom is -0.350 e. The molecule has 0 aliphatic carbocycles. The third kappa shape index (κ3) is 5.26. The molecule has 9 nitrogen and oxygen atoms in total. The van der Waals surface area contributed by atoms with Crippen LogP contribution in [-0.2, 0) is 0 Å². The summed E-state index contributed by atoms with van der Waals surface area (Å²) < 4.78 is 0. The lowest BCUT2D eigenvalue weighted by molar-refractivity contribution is 0.0989. The SMILES string of the molecule is C=NN/C=C(\C)c1ccc(Nc2ccnc(-c3ccc4cc(C(=O)N(C)c5ccncc5)[nH]c4c3)n2)cc1. The number of hydrogen-bond donors (Lipinski definition) is 3. The van der Waals surface area contributed by atoms with Crippen molar-refractivity contribution in [3.8, 4) is 11.4 Å². The van der Waals surface area contributed by atoms with Gasteiger partial charge in [0.25, 0.3) is 5.91 Å². The maximum absolute atomic E-state index is 13.0. The zero-order chi connectivity index (χ0) is 26.5. The Hall–Kier alpha value is -5.31. The molecule has 0 bridgehead atoms. The Kier molecular flexibility index (Phi) is 6.90. The number of anilines is 3. The molecule has 0 saturated carbocycles. The van der Waals surface area contributed by atoms with E-state index in [2.05, 4.69) is 37.5 Å². The lowest BCUT2D eigenvalue weighted by atomic mass is 10.1. The highest BCUT2D eigenvalue weighted by Crippen LogP contribution is 2.25. The minimum atomic E-state index is -0.137. The molecule has 0 aliphatic heterocycles. The largest absolute Gasteiger partial charge is 0.350 e. The Morgan fingerprint density at radius 1 is 1.03 bits per heavy atom. The number of amides is 1. The Labute approximate surface area is 220 Å². The number of allylic oxidation sites excluding steroid dienone is 1. The molecule has 3 aromatic heterocycles. The lowest BCUT2D eigenvalue weighted by Gasteiger charge is -2.15. The van der Waals surface area contributed by atoms with Gasteiger partial charge in [0.1, 0.15) is 11.5 Å². The Bertz CT molecular complexity index is 1620. The number of rotatable bonds is 8. The Morgan fingerprint density at radius 3 is 2.58 bits per heavy atom. The highest BCUT2D eigenvalue weighted by molar-refractivity contribution is 6.07. The summed E-state index contributed by atoms with van der Waals surface area (Å²) in [6.45, 7) is 5.41. The molecule has 188 valence electrons. The molecule has 0 fully saturated rings. The van der Waals surface area contributed by atoms with Crippen LogP contribution in [0.1, 0.15) is 23.0 Å². The number of carbonyl (C=O) groups is 1. The normalized spacial score (nSPS) is 11.3. The summed E-state index contributed by atoms with van der Waals surface area (Å²) in [6.07, 6.45) is 6.84. The number of H-pyrrole nitrogens is 1. The molecule has 38 heavy (non-hydrogen) atoms. The van der Waals surface area contributed by atoms with Crippen molar-refractivity contribution < 1.29 is 4.79 Å². The highest BCUT2D eigenvalue weighted by atomic mass is 16.2. The van der Waals surface area contributed by atoms with E-state index in [-0.39, 0.29) is 5.91 Å². The first-order chi connectivity index (χ1) is 18.5. The van der Waals surface area contributed by atoms with E-state index in [1.807, 2.05) is 61.5 Å². The van der Waals surface area contributed by atoms with Crippen molar-refractivity contribution in [1.82, 2.24) is 25.4 Å². The van der Waals surface area contributed by atoms with Crippen LogP contribution in [0.4, 0.5) is 17.2 Å². The van der Waals surface area contributed by atoms with Crippen LogP contribution in [0.3, 0.4) is 0 Å². The van der Waals surface area contributed by atoms with Crippen LogP contribution < -0.4 is 15.6 Å². The molecule has 0 atom stereocenters. The number of fused-ring (bicyclic) bond motifs is 1. The smallest absolute Gasteiger partial charge is 0.274 e. The van der Waals surface area contributed by atoms with Gasteiger partial charge >= 0.3 is 0 Å². The summed E-state index contributed by atoms with van der Waals surface area (Å²) in [5.74, 6) is 1.11. The predicted octanol–water partition coefficient (Wildman–Crippen LogP) is 5.61. The van der Waals surface area contributed by atoms with Crippen molar-refractivity contribution >= 4 is 46.3 Å². The molecule has 5 rings (SSSR count). The molecule has 1 amide bonds. The van der Waals surface area contributed by atoms with E-state index < -0.39 is 0 Å². The second-order valence-corrected chi connectivity index (χ2v) is 8.64. The first kappa shape index (κ1) is 24.4. The number of pyridine rings is 1. The molecule has 0 unspecified atom stereocenters. The van der Waals surface area contributed by atoms with Crippen LogP contribution in [0.25, 0.3) is 27.9 Å². The summed E-state index contributed by atoms with van der Waals surface area (Å²) in [4.78, 5) is 31.0.